The second-order valence-electron chi connectivity index (χ2n) is 2.48. The van der Waals surface area contributed by atoms with Crippen LogP contribution in [0.5, 0.6) is 0 Å². The molecule has 1 N–H and O–H groups in total. The number of thioether (sulfide) groups is 1. The summed E-state index contributed by atoms with van der Waals surface area (Å²) in [6, 6.07) is 0.583. The number of likely N-dealkylation sites (N-methyl/N-ethyl adjacent to an activating group) is 1. The Bertz CT molecular complexity index is 99.6. The first-order chi connectivity index (χ1) is 4.88. The molecular formula is C7H15NOS. The molecule has 0 aromatic heterocycles. The van der Waals surface area contributed by atoms with Gasteiger partial charge in [-0.15, -0.1) is 0 Å². The van der Waals surface area contributed by atoms with E-state index in [9.17, 15) is 0 Å². The Morgan fingerprint density at radius 1 is 1.60 bits per heavy atom. The van der Waals surface area contributed by atoms with Gasteiger partial charge in [-0.2, -0.15) is 11.8 Å². The fraction of sp³-hybridized carbons (Fsp3) is 1.00. The maximum absolute atomic E-state index is 5.29. The van der Waals surface area contributed by atoms with Crippen LogP contribution in [-0.4, -0.2) is 37.3 Å². The van der Waals surface area contributed by atoms with Crippen molar-refractivity contribution in [2.45, 2.75) is 19.1 Å². The zero-order valence-corrected chi connectivity index (χ0v) is 7.41. The van der Waals surface area contributed by atoms with Crippen molar-refractivity contribution in [3.05, 3.63) is 0 Å². The van der Waals surface area contributed by atoms with E-state index in [1.807, 2.05) is 11.8 Å². The lowest BCUT2D eigenvalue weighted by Gasteiger charge is -2.17. The van der Waals surface area contributed by atoms with Crippen molar-refractivity contribution in [2.75, 3.05) is 25.2 Å². The summed E-state index contributed by atoms with van der Waals surface area (Å²) < 4.78 is 5.29. The van der Waals surface area contributed by atoms with Crippen LogP contribution in [0.2, 0.25) is 0 Å². The second kappa shape index (κ2) is 4.21. The normalized spacial score (nSPS) is 33.0. The predicted octanol–water partition coefficient (Wildman–Crippen LogP) is 0.726. The van der Waals surface area contributed by atoms with E-state index in [4.69, 9.17) is 4.74 Å². The third-order valence-corrected chi connectivity index (χ3v) is 2.96. The van der Waals surface area contributed by atoms with Crippen LogP contribution in [0.1, 0.15) is 6.92 Å². The minimum Gasteiger partial charge on any atom is -0.379 e. The third kappa shape index (κ3) is 1.87. The molecule has 1 aliphatic rings. The van der Waals surface area contributed by atoms with Gasteiger partial charge in [0.25, 0.3) is 0 Å². The molecule has 2 unspecified atom stereocenters. The van der Waals surface area contributed by atoms with E-state index >= 15 is 0 Å². The molecule has 2 atom stereocenters. The summed E-state index contributed by atoms with van der Waals surface area (Å²) in [6.07, 6.45) is 0.435. The molecule has 0 aromatic carbocycles. The van der Waals surface area contributed by atoms with E-state index in [2.05, 4.69) is 12.2 Å². The monoisotopic (exact) mass is 161 g/mol. The van der Waals surface area contributed by atoms with Gasteiger partial charge in [-0.3, -0.25) is 0 Å². The van der Waals surface area contributed by atoms with E-state index in [1.54, 1.807) is 7.11 Å². The van der Waals surface area contributed by atoms with Crippen LogP contribution in [0, 0.1) is 0 Å². The Morgan fingerprint density at radius 3 is 3.00 bits per heavy atom. The van der Waals surface area contributed by atoms with E-state index in [1.165, 1.54) is 5.75 Å². The first kappa shape index (κ1) is 8.37. The van der Waals surface area contributed by atoms with Gasteiger partial charge in [-0.25, -0.2) is 0 Å². The molecule has 0 saturated carbocycles. The Labute approximate surface area is 66.7 Å². The van der Waals surface area contributed by atoms with Crippen molar-refractivity contribution in [1.29, 1.82) is 0 Å². The minimum atomic E-state index is 0.435. The number of ether oxygens (including phenoxy) is 1. The van der Waals surface area contributed by atoms with E-state index in [-0.39, 0.29) is 0 Å². The molecular weight excluding hydrogens is 146 g/mol. The molecule has 1 rings (SSSR count). The first-order valence-corrected chi connectivity index (χ1v) is 4.88. The summed E-state index contributed by atoms with van der Waals surface area (Å²) in [4.78, 5) is 0. The van der Waals surface area contributed by atoms with Gasteiger partial charge in [0.15, 0.2) is 0 Å². The lowest BCUT2D eigenvalue weighted by atomic mass is 10.2. The number of hydrogen-bond acceptors (Lipinski definition) is 3. The lowest BCUT2D eigenvalue weighted by molar-refractivity contribution is 0.0999. The van der Waals surface area contributed by atoms with E-state index < -0.39 is 0 Å². The Morgan fingerprint density at radius 2 is 2.40 bits per heavy atom. The molecule has 0 radical (unpaired) electrons. The molecule has 60 valence electrons. The molecule has 10 heavy (non-hydrogen) atoms. The number of hydrogen-bond donors (Lipinski definition) is 1. The van der Waals surface area contributed by atoms with Crippen LogP contribution in [0.4, 0.5) is 0 Å². The van der Waals surface area contributed by atoms with Gasteiger partial charge in [0.1, 0.15) is 0 Å². The summed E-state index contributed by atoms with van der Waals surface area (Å²) in [5.74, 6) is 2.35. The number of methoxy groups -OCH3 is 1. The molecule has 3 heteroatoms. The van der Waals surface area contributed by atoms with Crippen molar-refractivity contribution < 1.29 is 4.74 Å². The van der Waals surface area contributed by atoms with Crippen LogP contribution >= 0.6 is 11.8 Å². The van der Waals surface area contributed by atoms with E-state index in [0.717, 1.165) is 12.3 Å². The first-order valence-electron chi connectivity index (χ1n) is 3.72. The topological polar surface area (TPSA) is 21.3 Å². The number of rotatable bonds is 3. The summed E-state index contributed by atoms with van der Waals surface area (Å²) in [5, 5.41) is 3.40. The summed E-state index contributed by atoms with van der Waals surface area (Å²) >= 11 is 1.97. The van der Waals surface area contributed by atoms with Gasteiger partial charge in [0.2, 0.25) is 0 Å². The SMILES string of the molecule is CCNC1CSCC1OC. The van der Waals surface area contributed by atoms with Crippen LogP contribution in [0.25, 0.3) is 0 Å². The highest BCUT2D eigenvalue weighted by Gasteiger charge is 2.26. The Balaban J connectivity index is 2.27. The van der Waals surface area contributed by atoms with Crippen molar-refractivity contribution in [3.63, 3.8) is 0 Å². The standard InChI is InChI=1S/C7H15NOS/c1-3-8-6-4-10-5-7(6)9-2/h6-8H,3-5H2,1-2H3. The smallest absolute Gasteiger partial charge is 0.0822 e. The average Bonchev–Trinajstić information content (AvgIpc) is 2.36. The second-order valence-corrected chi connectivity index (χ2v) is 3.55. The van der Waals surface area contributed by atoms with Gasteiger partial charge in [0.05, 0.1) is 6.10 Å². The summed E-state index contributed by atoms with van der Waals surface area (Å²) in [5.41, 5.74) is 0. The highest BCUT2D eigenvalue weighted by Crippen LogP contribution is 2.19. The fourth-order valence-corrected chi connectivity index (χ4v) is 2.54. The van der Waals surface area contributed by atoms with Gasteiger partial charge in [-0.05, 0) is 6.54 Å². The molecule has 0 spiro atoms. The molecule has 0 aromatic rings. The van der Waals surface area contributed by atoms with Gasteiger partial charge < -0.3 is 10.1 Å². The Kier molecular flexibility index (Phi) is 3.52. The van der Waals surface area contributed by atoms with Gasteiger partial charge in [0, 0.05) is 24.7 Å². The largest absolute Gasteiger partial charge is 0.379 e. The summed E-state index contributed by atoms with van der Waals surface area (Å²) in [7, 11) is 1.79. The van der Waals surface area contributed by atoms with Gasteiger partial charge in [-0.1, -0.05) is 6.92 Å². The Hall–Kier alpha value is 0.270. The molecule has 0 amide bonds. The number of nitrogens with one attached hydrogen (secondary N) is 1. The van der Waals surface area contributed by atoms with Crippen LogP contribution in [-0.2, 0) is 4.74 Å². The van der Waals surface area contributed by atoms with Crippen LogP contribution < -0.4 is 5.32 Å². The minimum absolute atomic E-state index is 0.435. The zero-order chi connectivity index (χ0) is 7.40. The van der Waals surface area contributed by atoms with Crippen LogP contribution in [0.15, 0.2) is 0 Å². The van der Waals surface area contributed by atoms with Crippen molar-refractivity contribution in [3.8, 4) is 0 Å². The maximum atomic E-state index is 5.29. The van der Waals surface area contributed by atoms with Crippen molar-refractivity contribution >= 4 is 11.8 Å². The highest BCUT2D eigenvalue weighted by atomic mass is 32.2. The fourth-order valence-electron chi connectivity index (χ4n) is 1.22. The molecule has 0 aliphatic carbocycles. The molecule has 1 saturated heterocycles. The third-order valence-electron chi connectivity index (χ3n) is 1.80. The molecule has 1 aliphatic heterocycles. The zero-order valence-electron chi connectivity index (χ0n) is 6.59. The van der Waals surface area contributed by atoms with Crippen LogP contribution in [0.3, 0.4) is 0 Å². The van der Waals surface area contributed by atoms with E-state index in [0.29, 0.717) is 12.1 Å². The molecule has 2 nitrogen and oxygen atoms in total. The lowest BCUT2D eigenvalue weighted by Crippen LogP contribution is -2.39. The summed E-state index contributed by atoms with van der Waals surface area (Å²) in [6.45, 7) is 3.18. The predicted molar refractivity (Wildman–Crippen MR) is 45.6 cm³/mol. The van der Waals surface area contributed by atoms with Gasteiger partial charge >= 0.3 is 0 Å². The average molecular weight is 161 g/mol. The highest BCUT2D eigenvalue weighted by molar-refractivity contribution is 7.99. The quantitative estimate of drug-likeness (QED) is 0.659. The van der Waals surface area contributed by atoms with Crippen molar-refractivity contribution in [1.82, 2.24) is 5.32 Å². The molecule has 1 fully saturated rings. The molecule has 0 bridgehead atoms. The molecule has 1 heterocycles. The van der Waals surface area contributed by atoms with Crippen molar-refractivity contribution in [2.24, 2.45) is 0 Å². The maximum Gasteiger partial charge on any atom is 0.0822 e.